The normalized spacial score (nSPS) is 10.6. The van der Waals surface area contributed by atoms with Crippen LogP contribution < -0.4 is 20.2 Å². The summed E-state index contributed by atoms with van der Waals surface area (Å²) in [5, 5.41) is 6.86. The van der Waals surface area contributed by atoms with Crippen LogP contribution in [0.1, 0.15) is 26.3 Å². The fraction of sp³-hybridized carbons (Fsp3) is 0.0833. The molecule has 34 heavy (non-hydrogen) atoms. The number of nitrogens with zero attached hydrogens (tertiary/aromatic N) is 1. The van der Waals surface area contributed by atoms with Crippen molar-refractivity contribution in [3.63, 3.8) is 0 Å². The fourth-order valence-electron chi connectivity index (χ4n) is 2.71. The predicted octanol–water partition coefficient (Wildman–Crippen LogP) is 4.21. The third-order valence-electron chi connectivity index (χ3n) is 4.40. The van der Waals surface area contributed by atoms with E-state index in [1.807, 2.05) is 0 Å². The molecule has 0 spiro atoms. The maximum absolute atomic E-state index is 12.4. The van der Waals surface area contributed by atoms with Gasteiger partial charge in [-0.05, 0) is 76.1 Å². The first kappa shape index (κ1) is 24.9. The van der Waals surface area contributed by atoms with Crippen LogP contribution in [0.15, 0.2) is 76.3 Å². The molecule has 2 amide bonds. The van der Waals surface area contributed by atoms with Gasteiger partial charge in [0.1, 0.15) is 0 Å². The Balaban J connectivity index is 1.55. The minimum atomic E-state index is -0.542. The van der Waals surface area contributed by atoms with Crippen molar-refractivity contribution in [1.82, 2.24) is 10.7 Å². The van der Waals surface area contributed by atoms with Gasteiger partial charge in [0.05, 0.1) is 25.4 Å². The molecule has 0 aliphatic rings. The number of carbonyl (C=O) groups is 3. The molecule has 8 nitrogen and oxygen atoms in total. The minimum Gasteiger partial charge on any atom is -0.493 e. The lowest BCUT2D eigenvalue weighted by Crippen LogP contribution is -2.34. The molecule has 10 heteroatoms. The molecular formula is C24H19BrClN3O5. The number of hydrogen-bond donors (Lipinski definition) is 2. The SMILES string of the molecule is COc1cc(C=NNC(=O)CNC(=O)c2ccc(Cl)cc2)ccc1OC(=O)c1ccccc1Br. The Bertz CT molecular complexity index is 1230. The van der Waals surface area contributed by atoms with Gasteiger partial charge in [-0.2, -0.15) is 5.10 Å². The molecule has 0 fully saturated rings. The molecule has 0 saturated carbocycles. The van der Waals surface area contributed by atoms with Crippen LogP contribution in [0.4, 0.5) is 0 Å². The maximum Gasteiger partial charge on any atom is 0.344 e. The second-order valence-electron chi connectivity index (χ2n) is 6.76. The fourth-order valence-corrected chi connectivity index (χ4v) is 3.29. The Morgan fingerprint density at radius 2 is 1.76 bits per heavy atom. The van der Waals surface area contributed by atoms with E-state index in [1.165, 1.54) is 13.3 Å². The quantitative estimate of drug-likeness (QED) is 0.191. The van der Waals surface area contributed by atoms with E-state index >= 15 is 0 Å². The molecule has 0 atom stereocenters. The number of carbonyl (C=O) groups excluding carboxylic acids is 3. The van der Waals surface area contributed by atoms with Crippen LogP contribution in [0.5, 0.6) is 11.5 Å². The molecule has 0 heterocycles. The predicted molar refractivity (Wildman–Crippen MR) is 132 cm³/mol. The molecule has 0 aliphatic heterocycles. The molecule has 0 unspecified atom stereocenters. The number of ether oxygens (including phenoxy) is 2. The number of amides is 2. The lowest BCUT2D eigenvalue weighted by atomic mass is 10.2. The average molecular weight is 545 g/mol. The Kier molecular flexibility index (Phi) is 8.78. The van der Waals surface area contributed by atoms with Gasteiger partial charge in [0.15, 0.2) is 11.5 Å². The number of hydrazone groups is 1. The standard InChI is InChI=1S/C24H19BrClN3O5/c1-33-21-12-15(6-11-20(21)34-24(32)18-4-2-3-5-19(18)25)13-28-29-22(30)14-27-23(31)16-7-9-17(26)10-8-16/h2-13H,14H2,1H3,(H,27,31)(H,29,30). The van der Waals surface area contributed by atoms with E-state index in [9.17, 15) is 14.4 Å². The van der Waals surface area contributed by atoms with Crippen molar-refractivity contribution in [2.75, 3.05) is 13.7 Å². The summed E-state index contributed by atoms with van der Waals surface area (Å²) in [6.07, 6.45) is 1.39. The zero-order chi connectivity index (χ0) is 24.5. The van der Waals surface area contributed by atoms with Gasteiger partial charge in [-0.3, -0.25) is 9.59 Å². The Morgan fingerprint density at radius 3 is 2.47 bits per heavy atom. The van der Waals surface area contributed by atoms with E-state index in [4.69, 9.17) is 21.1 Å². The van der Waals surface area contributed by atoms with Gasteiger partial charge in [-0.25, -0.2) is 10.2 Å². The van der Waals surface area contributed by atoms with Crippen LogP contribution in [-0.4, -0.2) is 37.7 Å². The van der Waals surface area contributed by atoms with Crippen LogP contribution in [0, 0.1) is 0 Å². The Labute approximate surface area is 209 Å². The van der Waals surface area contributed by atoms with Crippen molar-refractivity contribution in [3.8, 4) is 11.5 Å². The smallest absolute Gasteiger partial charge is 0.344 e. The van der Waals surface area contributed by atoms with Gasteiger partial charge < -0.3 is 14.8 Å². The highest BCUT2D eigenvalue weighted by molar-refractivity contribution is 9.10. The molecule has 3 rings (SSSR count). The first-order valence-corrected chi connectivity index (χ1v) is 11.0. The second-order valence-corrected chi connectivity index (χ2v) is 8.05. The van der Waals surface area contributed by atoms with Crippen molar-refractivity contribution in [3.05, 3.63) is 92.9 Å². The lowest BCUT2D eigenvalue weighted by Gasteiger charge is -2.10. The first-order chi connectivity index (χ1) is 16.4. The number of nitrogens with one attached hydrogen (secondary N) is 2. The molecule has 0 bridgehead atoms. The van der Waals surface area contributed by atoms with Gasteiger partial charge in [-0.1, -0.05) is 23.7 Å². The van der Waals surface area contributed by atoms with E-state index in [-0.39, 0.29) is 12.3 Å². The van der Waals surface area contributed by atoms with Gasteiger partial charge in [0.25, 0.3) is 11.8 Å². The summed E-state index contributed by atoms with van der Waals surface area (Å²) in [5.74, 6) is -0.918. The zero-order valence-electron chi connectivity index (χ0n) is 17.9. The molecule has 0 radical (unpaired) electrons. The van der Waals surface area contributed by atoms with Gasteiger partial charge in [-0.15, -0.1) is 0 Å². The molecule has 3 aromatic rings. The largest absolute Gasteiger partial charge is 0.493 e. The molecule has 2 N–H and O–H groups in total. The Hall–Kier alpha value is -3.69. The summed E-state index contributed by atoms with van der Waals surface area (Å²) in [7, 11) is 1.44. The maximum atomic E-state index is 12.4. The molecule has 174 valence electrons. The number of rotatable bonds is 8. The molecule has 3 aromatic carbocycles. The summed E-state index contributed by atoms with van der Waals surface area (Å²) in [6, 6.07) is 18.0. The monoisotopic (exact) mass is 543 g/mol. The number of esters is 1. The molecule has 0 aromatic heterocycles. The van der Waals surface area contributed by atoms with E-state index in [0.29, 0.717) is 31.9 Å². The summed E-state index contributed by atoms with van der Waals surface area (Å²) in [4.78, 5) is 36.4. The topological polar surface area (TPSA) is 106 Å². The molecule has 0 aliphatic carbocycles. The second kappa shape index (κ2) is 12.0. The van der Waals surface area contributed by atoms with E-state index in [1.54, 1.807) is 66.7 Å². The van der Waals surface area contributed by atoms with E-state index in [0.717, 1.165) is 0 Å². The van der Waals surface area contributed by atoms with Gasteiger partial charge in [0, 0.05) is 15.1 Å². The summed E-state index contributed by atoms with van der Waals surface area (Å²) in [6.45, 7) is -0.258. The van der Waals surface area contributed by atoms with E-state index < -0.39 is 17.8 Å². The van der Waals surface area contributed by atoms with Crippen molar-refractivity contribution in [2.24, 2.45) is 5.10 Å². The van der Waals surface area contributed by atoms with E-state index in [2.05, 4.69) is 31.8 Å². The van der Waals surface area contributed by atoms with Crippen molar-refractivity contribution in [1.29, 1.82) is 0 Å². The third-order valence-corrected chi connectivity index (χ3v) is 5.35. The van der Waals surface area contributed by atoms with Crippen molar-refractivity contribution < 1.29 is 23.9 Å². The van der Waals surface area contributed by atoms with Crippen molar-refractivity contribution in [2.45, 2.75) is 0 Å². The number of hydrogen-bond acceptors (Lipinski definition) is 6. The summed E-state index contributed by atoms with van der Waals surface area (Å²) >= 11 is 9.11. The van der Waals surface area contributed by atoms with Gasteiger partial charge >= 0.3 is 5.97 Å². The van der Waals surface area contributed by atoms with Gasteiger partial charge in [0.2, 0.25) is 0 Å². The van der Waals surface area contributed by atoms with Crippen LogP contribution in [0.25, 0.3) is 0 Å². The summed E-state index contributed by atoms with van der Waals surface area (Å²) < 4.78 is 11.4. The van der Waals surface area contributed by atoms with Crippen molar-refractivity contribution >= 4 is 51.5 Å². The Morgan fingerprint density at radius 1 is 1.03 bits per heavy atom. The van der Waals surface area contributed by atoms with Crippen LogP contribution >= 0.6 is 27.5 Å². The molecule has 0 saturated heterocycles. The molecular weight excluding hydrogens is 526 g/mol. The lowest BCUT2D eigenvalue weighted by molar-refractivity contribution is -0.120. The third kappa shape index (κ3) is 6.90. The average Bonchev–Trinajstić information content (AvgIpc) is 2.84. The minimum absolute atomic E-state index is 0.231. The highest BCUT2D eigenvalue weighted by Crippen LogP contribution is 2.29. The number of halogens is 2. The summed E-state index contributed by atoms with van der Waals surface area (Å²) in [5.41, 5.74) is 3.67. The number of methoxy groups -OCH3 is 1. The van der Waals surface area contributed by atoms with Crippen LogP contribution in [-0.2, 0) is 4.79 Å². The highest BCUT2D eigenvalue weighted by atomic mass is 79.9. The zero-order valence-corrected chi connectivity index (χ0v) is 20.2. The van der Waals surface area contributed by atoms with Crippen LogP contribution in [0.2, 0.25) is 5.02 Å². The van der Waals surface area contributed by atoms with Crippen LogP contribution in [0.3, 0.4) is 0 Å². The number of benzene rings is 3. The highest BCUT2D eigenvalue weighted by Gasteiger charge is 2.15. The first-order valence-electron chi connectivity index (χ1n) is 9.88.